The van der Waals surface area contributed by atoms with Crippen LogP contribution in [-0.2, 0) is 9.53 Å². The van der Waals surface area contributed by atoms with Gasteiger partial charge in [0, 0.05) is 6.42 Å². The van der Waals surface area contributed by atoms with Crippen LogP contribution in [0.5, 0.6) is 0 Å². The summed E-state index contributed by atoms with van der Waals surface area (Å²) in [5, 5.41) is 0. The third kappa shape index (κ3) is 8.20. The summed E-state index contributed by atoms with van der Waals surface area (Å²) >= 11 is 0. The van der Waals surface area contributed by atoms with E-state index in [0.717, 1.165) is 19.3 Å². The monoisotopic (exact) mass is 260 g/mol. The van der Waals surface area contributed by atoms with Crippen LogP contribution in [0.15, 0.2) is 36.4 Å². The molecule has 0 spiro atoms. The summed E-state index contributed by atoms with van der Waals surface area (Å²) in [7, 11) is 1.45. The Morgan fingerprint density at radius 1 is 1.05 bits per heavy atom. The Bertz CT molecular complexity index is 368. The number of ether oxygens (including phenoxy) is 1. The summed E-state index contributed by atoms with van der Waals surface area (Å²) in [6.07, 6.45) is 11.8. The molecule has 0 saturated carbocycles. The fourth-order valence-electron chi connectivity index (χ4n) is 1.95. The summed E-state index contributed by atoms with van der Waals surface area (Å²) in [4.78, 5) is 10.9. The highest BCUT2D eigenvalue weighted by Crippen LogP contribution is 2.09. The van der Waals surface area contributed by atoms with Gasteiger partial charge in [-0.25, -0.2) is 0 Å². The fourth-order valence-corrected chi connectivity index (χ4v) is 1.95. The number of methoxy groups -OCH3 is 1. The van der Waals surface area contributed by atoms with Crippen LogP contribution >= 0.6 is 0 Å². The summed E-state index contributed by atoms with van der Waals surface area (Å²) in [6.45, 7) is 0. The van der Waals surface area contributed by atoms with E-state index in [0.29, 0.717) is 6.42 Å². The minimum Gasteiger partial charge on any atom is -0.469 e. The van der Waals surface area contributed by atoms with E-state index in [1.165, 1.54) is 31.9 Å². The maximum atomic E-state index is 10.9. The molecule has 1 aromatic rings. The lowest BCUT2D eigenvalue weighted by molar-refractivity contribution is -0.140. The Labute approximate surface area is 116 Å². The Hall–Kier alpha value is -1.57. The standard InChI is InChI=1S/C17H24O2/c1-19-17(18)15-11-6-4-2-3-5-8-12-16-13-9-7-10-14-16/h7-10,12-14H,2-6,11,15H2,1H3/b12-8+. The second kappa shape index (κ2) is 10.4. The summed E-state index contributed by atoms with van der Waals surface area (Å²) in [5.74, 6) is -0.0919. The Balaban J connectivity index is 1.94. The molecule has 0 heterocycles. The van der Waals surface area contributed by atoms with Gasteiger partial charge >= 0.3 is 5.97 Å². The number of unbranched alkanes of at least 4 members (excludes halogenated alkanes) is 5. The average Bonchev–Trinajstić information content (AvgIpc) is 2.46. The van der Waals surface area contributed by atoms with Gasteiger partial charge in [0.05, 0.1) is 7.11 Å². The topological polar surface area (TPSA) is 26.3 Å². The van der Waals surface area contributed by atoms with Gasteiger partial charge in [0.2, 0.25) is 0 Å². The number of carbonyl (C=O) groups excluding carboxylic acids is 1. The van der Waals surface area contributed by atoms with Crippen molar-refractivity contribution >= 4 is 12.0 Å². The van der Waals surface area contributed by atoms with E-state index >= 15 is 0 Å². The van der Waals surface area contributed by atoms with Crippen LogP contribution < -0.4 is 0 Å². The van der Waals surface area contributed by atoms with Crippen molar-refractivity contribution in [1.29, 1.82) is 0 Å². The predicted octanol–water partition coefficient (Wildman–Crippen LogP) is 4.60. The fraction of sp³-hybridized carbons (Fsp3) is 0.471. The number of carbonyl (C=O) groups is 1. The molecule has 0 atom stereocenters. The van der Waals surface area contributed by atoms with E-state index in [-0.39, 0.29) is 5.97 Å². The molecule has 0 fully saturated rings. The Morgan fingerprint density at radius 2 is 1.74 bits per heavy atom. The van der Waals surface area contributed by atoms with Crippen molar-refractivity contribution in [3.8, 4) is 0 Å². The van der Waals surface area contributed by atoms with Crippen molar-refractivity contribution in [2.45, 2.75) is 44.9 Å². The number of hydrogen-bond acceptors (Lipinski definition) is 2. The van der Waals surface area contributed by atoms with Gasteiger partial charge in [0.1, 0.15) is 0 Å². The van der Waals surface area contributed by atoms with Gasteiger partial charge < -0.3 is 4.74 Å². The molecule has 2 nitrogen and oxygen atoms in total. The second-order valence-corrected chi connectivity index (χ2v) is 4.70. The van der Waals surface area contributed by atoms with E-state index in [4.69, 9.17) is 0 Å². The minimum absolute atomic E-state index is 0.0919. The molecule has 0 radical (unpaired) electrons. The number of allylic oxidation sites excluding steroid dienone is 1. The van der Waals surface area contributed by atoms with E-state index in [1.807, 2.05) is 6.07 Å². The molecule has 19 heavy (non-hydrogen) atoms. The molecule has 1 aromatic carbocycles. The maximum Gasteiger partial charge on any atom is 0.305 e. The lowest BCUT2D eigenvalue weighted by Crippen LogP contribution is -1.98. The molecule has 2 heteroatoms. The van der Waals surface area contributed by atoms with Gasteiger partial charge in [0.15, 0.2) is 0 Å². The maximum absolute atomic E-state index is 10.9. The molecule has 104 valence electrons. The molecule has 0 aliphatic heterocycles. The van der Waals surface area contributed by atoms with Crippen LogP contribution in [0, 0.1) is 0 Å². The highest BCUT2D eigenvalue weighted by molar-refractivity contribution is 5.68. The normalized spacial score (nSPS) is 10.8. The number of rotatable bonds is 9. The largest absolute Gasteiger partial charge is 0.469 e. The van der Waals surface area contributed by atoms with E-state index < -0.39 is 0 Å². The molecule has 1 rings (SSSR count). The SMILES string of the molecule is COC(=O)CCCCCCC/C=C/c1ccccc1. The lowest BCUT2D eigenvalue weighted by atomic mass is 10.1. The molecular formula is C17H24O2. The van der Waals surface area contributed by atoms with Crippen molar-refractivity contribution in [1.82, 2.24) is 0 Å². The molecule has 0 amide bonds. The Kier molecular flexibility index (Phi) is 8.45. The van der Waals surface area contributed by atoms with Gasteiger partial charge in [0.25, 0.3) is 0 Å². The van der Waals surface area contributed by atoms with E-state index in [9.17, 15) is 4.79 Å². The number of hydrogen-bond donors (Lipinski definition) is 0. The third-order valence-electron chi connectivity index (χ3n) is 3.09. The molecule has 0 aliphatic carbocycles. The van der Waals surface area contributed by atoms with Gasteiger partial charge in [-0.3, -0.25) is 4.79 Å². The van der Waals surface area contributed by atoms with Crippen LogP contribution in [0.3, 0.4) is 0 Å². The van der Waals surface area contributed by atoms with Crippen molar-refractivity contribution in [2.75, 3.05) is 7.11 Å². The van der Waals surface area contributed by atoms with Crippen LogP contribution in [0.25, 0.3) is 6.08 Å². The number of benzene rings is 1. The second-order valence-electron chi connectivity index (χ2n) is 4.70. The van der Waals surface area contributed by atoms with Crippen molar-refractivity contribution in [2.24, 2.45) is 0 Å². The van der Waals surface area contributed by atoms with Gasteiger partial charge in [-0.15, -0.1) is 0 Å². The lowest BCUT2D eigenvalue weighted by Gasteiger charge is -2.00. The van der Waals surface area contributed by atoms with Gasteiger partial charge in [-0.1, -0.05) is 61.7 Å². The Morgan fingerprint density at radius 3 is 2.47 bits per heavy atom. The van der Waals surface area contributed by atoms with Crippen LogP contribution in [0.2, 0.25) is 0 Å². The molecular weight excluding hydrogens is 236 g/mol. The first-order chi connectivity index (χ1) is 9.33. The first kappa shape index (κ1) is 15.5. The molecule has 0 N–H and O–H groups in total. The zero-order valence-corrected chi connectivity index (χ0v) is 11.8. The molecule has 0 unspecified atom stereocenters. The van der Waals surface area contributed by atoms with Crippen molar-refractivity contribution in [3.05, 3.63) is 42.0 Å². The van der Waals surface area contributed by atoms with Crippen molar-refractivity contribution in [3.63, 3.8) is 0 Å². The average molecular weight is 260 g/mol. The molecule has 0 saturated heterocycles. The predicted molar refractivity (Wildman–Crippen MR) is 79.8 cm³/mol. The van der Waals surface area contributed by atoms with Crippen LogP contribution in [0.1, 0.15) is 50.5 Å². The summed E-state index contributed by atoms with van der Waals surface area (Å²) in [6, 6.07) is 10.4. The van der Waals surface area contributed by atoms with E-state index in [1.54, 1.807) is 0 Å². The van der Waals surface area contributed by atoms with E-state index in [2.05, 4.69) is 41.2 Å². The summed E-state index contributed by atoms with van der Waals surface area (Å²) < 4.78 is 4.60. The van der Waals surface area contributed by atoms with Crippen molar-refractivity contribution < 1.29 is 9.53 Å². The van der Waals surface area contributed by atoms with Crippen LogP contribution in [0.4, 0.5) is 0 Å². The minimum atomic E-state index is -0.0919. The zero-order chi connectivity index (χ0) is 13.8. The first-order valence-electron chi connectivity index (χ1n) is 7.11. The zero-order valence-electron chi connectivity index (χ0n) is 11.8. The first-order valence-corrected chi connectivity index (χ1v) is 7.11. The van der Waals surface area contributed by atoms with Gasteiger partial charge in [-0.2, -0.15) is 0 Å². The number of esters is 1. The van der Waals surface area contributed by atoms with Gasteiger partial charge in [-0.05, 0) is 24.8 Å². The summed E-state index contributed by atoms with van der Waals surface area (Å²) in [5.41, 5.74) is 1.26. The quantitative estimate of drug-likeness (QED) is 0.479. The molecule has 0 bridgehead atoms. The molecule has 0 aliphatic rings. The smallest absolute Gasteiger partial charge is 0.305 e. The van der Waals surface area contributed by atoms with Crippen LogP contribution in [-0.4, -0.2) is 13.1 Å². The highest BCUT2D eigenvalue weighted by Gasteiger charge is 1.98. The highest BCUT2D eigenvalue weighted by atomic mass is 16.5. The third-order valence-corrected chi connectivity index (χ3v) is 3.09. The molecule has 0 aromatic heterocycles.